The van der Waals surface area contributed by atoms with Gasteiger partial charge in [-0.3, -0.25) is 4.79 Å². The zero-order valence-electron chi connectivity index (χ0n) is 11.1. The molecule has 2 aromatic rings. The number of hydrogen-bond donors (Lipinski definition) is 1. The molecule has 1 aliphatic rings. The van der Waals surface area contributed by atoms with Crippen LogP contribution in [0.2, 0.25) is 0 Å². The Morgan fingerprint density at radius 3 is 2.90 bits per heavy atom. The average molecular weight is 272 g/mol. The summed E-state index contributed by atoms with van der Waals surface area (Å²) in [6, 6.07) is 4.76. The Morgan fingerprint density at radius 1 is 1.40 bits per heavy atom. The lowest BCUT2D eigenvalue weighted by Crippen LogP contribution is -2.23. The van der Waals surface area contributed by atoms with Gasteiger partial charge in [-0.25, -0.2) is 14.4 Å². The molecule has 0 saturated carbocycles. The minimum absolute atomic E-state index is 0.203. The fraction of sp³-hybridized carbons (Fsp3) is 0.214. The van der Waals surface area contributed by atoms with Crippen LogP contribution in [-0.2, 0) is 6.54 Å². The highest BCUT2D eigenvalue weighted by Crippen LogP contribution is 2.28. The SMILES string of the molecule is CNc1ncc2c(n1)CN(c1ccc(C)c(F)c1)C2=O. The number of amides is 1. The second-order valence-electron chi connectivity index (χ2n) is 4.63. The summed E-state index contributed by atoms with van der Waals surface area (Å²) in [5.74, 6) is -0.0624. The van der Waals surface area contributed by atoms with Crippen molar-refractivity contribution in [3.8, 4) is 0 Å². The van der Waals surface area contributed by atoms with Crippen LogP contribution in [0.5, 0.6) is 0 Å². The molecule has 102 valence electrons. The first-order valence-corrected chi connectivity index (χ1v) is 6.22. The number of halogens is 1. The summed E-state index contributed by atoms with van der Waals surface area (Å²) >= 11 is 0. The molecule has 2 heterocycles. The first-order valence-electron chi connectivity index (χ1n) is 6.22. The van der Waals surface area contributed by atoms with Crippen LogP contribution in [0.15, 0.2) is 24.4 Å². The van der Waals surface area contributed by atoms with E-state index in [-0.39, 0.29) is 11.7 Å². The van der Waals surface area contributed by atoms with Crippen molar-refractivity contribution in [1.29, 1.82) is 0 Å². The largest absolute Gasteiger partial charge is 0.357 e. The molecule has 3 rings (SSSR count). The minimum Gasteiger partial charge on any atom is -0.357 e. The Morgan fingerprint density at radius 2 is 2.20 bits per heavy atom. The summed E-state index contributed by atoms with van der Waals surface area (Å²) in [6.45, 7) is 2.01. The van der Waals surface area contributed by atoms with Crippen molar-refractivity contribution in [3.05, 3.63) is 47.0 Å². The lowest BCUT2D eigenvalue weighted by atomic mass is 10.2. The molecule has 0 atom stereocenters. The zero-order valence-corrected chi connectivity index (χ0v) is 11.1. The number of nitrogens with zero attached hydrogens (tertiary/aromatic N) is 3. The van der Waals surface area contributed by atoms with Gasteiger partial charge in [0.15, 0.2) is 0 Å². The smallest absolute Gasteiger partial charge is 0.262 e. The highest BCUT2D eigenvalue weighted by atomic mass is 19.1. The summed E-state index contributed by atoms with van der Waals surface area (Å²) in [4.78, 5) is 22.1. The van der Waals surface area contributed by atoms with Gasteiger partial charge in [0, 0.05) is 18.9 Å². The van der Waals surface area contributed by atoms with E-state index in [2.05, 4.69) is 15.3 Å². The summed E-state index contributed by atoms with van der Waals surface area (Å²) in [7, 11) is 1.71. The first-order chi connectivity index (χ1) is 9.60. The van der Waals surface area contributed by atoms with Gasteiger partial charge >= 0.3 is 0 Å². The molecule has 1 aromatic heterocycles. The Hall–Kier alpha value is -2.50. The summed E-state index contributed by atoms with van der Waals surface area (Å²) in [6.07, 6.45) is 1.50. The van der Waals surface area contributed by atoms with Crippen LogP contribution in [0.1, 0.15) is 21.6 Å². The molecule has 0 unspecified atom stereocenters. The van der Waals surface area contributed by atoms with Gasteiger partial charge in [0.1, 0.15) is 5.82 Å². The van der Waals surface area contributed by atoms with Gasteiger partial charge < -0.3 is 10.2 Å². The maximum Gasteiger partial charge on any atom is 0.262 e. The fourth-order valence-electron chi connectivity index (χ4n) is 2.16. The maximum absolute atomic E-state index is 13.6. The van der Waals surface area contributed by atoms with Gasteiger partial charge in [0.25, 0.3) is 5.91 Å². The molecule has 0 spiro atoms. The van der Waals surface area contributed by atoms with Crippen LogP contribution in [0.4, 0.5) is 16.0 Å². The van der Waals surface area contributed by atoms with E-state index in [0.717, 1.165) is 0 Å². The minimum atomic E-state index is -0.326. The summed E-state index contributed by atoms with van der Waals surface area (Å²) in [5, 5.41) is 2.83. The van der Waals surface area contributed by atoms with Gasteiger partial charge in [-0.1, -0.05) is 6.07 Å². The van der Waals surface area contributed by atoms with Crippen LogP contribution in [0.25, 0.3) is 0 Å². The normalized spacial score (nSPS) is 13.6. The molecular weight excluding hydrogens is 259 g/mol. The lowest BCUT2D eigenvalue weighted by Gasteiger charge is -2.15. The lowest BCUT2D eigenvalue weighted by molar-refractivity contribution is 0.0996. The number of carbonyl (C=O) groups is 1. The number of anilines is 2. The number of hydrogen-bond acceptors (Lipinski definition) is 4. The van der Waals surface area contributed by atoms with Crippen LogP contribution in [-0.4, -0.2) is 22.9 Å². The van der Waals surface area contributed by atoms with Gasteiger partial charge in [-0.2, -0.15) is 0 Å². The molecular formula is C14H13FN4O. The van der Waals surface area contributed by atoms with Crippen molar-refractivity contribution in [2.75, 3.05) is 17.3 Å². The average Bonchev–Trinajstić information content (AvgIpc) is 2.78. The molecule has 1 aliphatic heterocycles. The number of carbonyl (C=O) groups excluding carboxylic acids is 1. The molecule has 0 fully saturated rings. The number of aromatic nitrogens is 2. The third-order valence-corrected chi connectivity index (χ3v) is 3.34. The van der Waals surface area contributed by atoms with Crippen LogP contribution >= 0.6 is 0 Å². The Kier molecular flexibility index (Phi) is 2.85. The van der Waals surface area contributed by atoms with E-state index in [1.54, 1.807) is 26.1 Å². The van der Waals surface area contributed by atoms with Gasteiger partial charge in [0.2, 0.25) is 5.95 Å². The Labute approximate surface area is 115 Å². The van der Waals surface area contributed by atoms with Crippen molar-refractivity contribution < 1.29 is 9.18 Å². The van der Waals surface area contributed by atoms with E-state index in [9.17, 15) is 9.18 Å². The molecule has 0 bridgehead atoms. The number of nitrogens with one attached hydrogen (secondary N) is 1. The third-order valence-electron chi connectivity index (χ3n) is 3.34. The standard InChI is InChI=1S/C14H13FN4O/c1-8-3-4-9(5-11(8)15)19-7-12-10(13(19)20)6-17-14(16-2)18-12/h3-6H,7H2,1-2H3,(H,16,17,18). The molecule has 1 N–H and O–H groups in total. The number of rotatable bonds is 2. The predicted octanol–water partition coefficient (Wildman–Crippen LogP) is 2.13. The topological polar surface area (TPSA) is 58.1 Å². The highest BCUT2D eigenvalue weighted by molar-refractivity contribution is 6.09. The fourth-order valence-corrected chi connectivity index (χ4v) is 2.16. The van der Waals surface area contributed by atoms with Crippen LogP contribution in [0.3, 0.4) is 0 Å². The molecule has 5 nitrogen and oxygen atoms in total. The van der Waals surface area contributed by atoms with Crippen molar-refractivity contribution in [2.45, 2.75) is 13.5 Å². The van der Waals surface area contributed by atoms with E-state index < -0.39 is 0 Å². The van der Waals surface area contributed by atoms with Crippen LogP contribution < -0.4 is 10.2 Å². The van der Waals surface area contributed by atoms with E-state index >= 15 is 0 Å². The van der Waals surface area contributed by atoms with Gasteiger partial charge in [-0.05, 0) is 24.6 Å². The quantitative estimate of drug-likeness (QED) is 0.909. The summed E-state index contributed by atoms with van der Waals surface area (Å²) < 4.78 is 13.6. The zero-order chi connectivity index (χ0) is 14.3. The van der Waals surface area contributed by atoms with Crippen molar-refractivity contribution in [3.63, 3.8) is 0 Å². The van der Waals surface area contributed by atoms with Crippen LogP contribution in [0, 0.1) is 12.7 Å². The van der Waals surface area contributed by atoms with Gasteiger partial charge in [0.05, 0.1) is 17.8 Å². The molecule has 0 aliphatic carbocycles. The Bertz CT molecular complexity index is 702. The van der Waals surface area contributed by atoms with E-state index in [1.807, 2.05) is 0 Å². The molecule has 1 aromatic carbocycles. The van der Waals surface area contributed by atoms with E-state index in [0.29, 0.717) is 35.0 Å². The summed E-state index contributed by atoms with van der Waals surface area (Å²) in [5.41, 5.74) is 2.19. The molecule has 6 heteroatoms. The second kappa shape index (κ2) is 4.56. The van der Waals surface area contributed by atoms with E-state index in [1.165, 1.54) is 17.2 Å². The number of fused-ring (bicyclic) bond motifs is 1. The molecule has 1 amide bonds. The predicted molar refractivity (Wildman–Crippen MR) is 73.2 cm³/mol. The number of aryl methyl sites for hydroxylation is 1. The Balaban J connectivity index is 1.98. The highest BCUT2D eigenvalue weighted by Gasteiger charge is 2.30. The monoisotopic (exact) mass is 272 g/mol. The van der Waals surface area contributed by atoms with Gasteiger partial charge in [-0.15, -0.1) is 0 Å². The van der Waals surface area contributed by atoms with Crippen molar-refractivity contribution >= 4 is 17.5 Å². The van der Waals surface area contributed by atoms with Crippen molar-refractivity contribution in [2.24, 2.45) is 0 Å². The van der Waals surface area contributed by atoms with E-state index in [4.69, 9.17) is 0 Å². The second-order valence-corrected chi connectivity index (χ2v) is 4.63. The molecule has 0 radical (unpaired) electrons. The molecule has 0 saturated heterocycles. The number of benzene rings is 1. The van der Waals surface area contributed by atoms with Crippen molar-refractivity contribution in [1.82, 2.24) is 9.97 Å². The maximum atomic E-state index is 13.6. The third kappa shape index (κ3) is 1.89. The molecule has 20 heavy (non-hydrogen) atoms. The first kappa shape index (κ1) is 12.5.